The molecule has 43 heavy (non-hydrogen) atoms. The third-order valence-electron chi connectivity index (χ3n) is 7.88. The van der Waals surface area contributed by atoms with Gasteiger partial charge < -0.3 is 9.30 Å². The van der Waals surface area contributed by atoms with Crippen LogP contribution >= 0.6 is 0 Å². The second-order valence-corrected chi connectivity index (χ2v) is 13.0. The summed E-state index contributed by atoms with van der Waals surface area (Å²) in [7, 11) is -0.871. The molecule has 1 heterocycles. The van der Waals surface area contributed by atoms with Gasteiger partial charge in [-0.05, 0) is 29.7 Å². The van der Waals surface area contributed by atoms with Gasteiger partial charge in [0.25, 0.3) is 0 Å². The summed E-state index contributed by atoms with van der Waals surface area (Å²) in [6.45, 7) is 5.60. The molecule has 6 aromatic rings. The van der Waals surface area contributed by atoms with Crippen molar-refractivity contribution in [2.75, 3.05) is 6.61 Å². The summed E-state index contributed by atoms with van der Waals surface area (Å²) in [5.41, 5.74) is 5.32. The summed E-state index contributed by atoms with van der Waals surface area (Å²) in [5.74, 6) is 0.956. The van der Waals surface area contributed by atoms with Gasteiger partial charge in [-0.3, -0.25) is 0 Å². The first kappa shape index (κ1) is 29.9. The van der Waals surface area contributed by atoms with Gasteiger partial charge in [0.05, 0.1) is 27.6 Å². The molecule has 3 nitrogen and oxygen atoms in total. The third kappa shape index (κ3) is 7.43. The molecule has 5 aromatic carbocycles. The van der Waals surface area contributed by atoms with Crippen LogP contribution in [-0.2, 0) is 5.16 Å². The molecule has 0 atom stereocenters. The summed E-state index contributed by atoms with van der Waals surface area (Å²) >= 11 is 0. The monoisotopic (exact) mass is 578 g/mol. The number of hydrogen-bond acceptors (Lipinski definition) is 2. The highest BCUT2D eigenvalue weighted by Gasteiger charge is 2.36. The lowest BCUT2D eigenvalue weighted by Gasteiger charge is -2.37. The molecule has 0 aliphatic carbocycles. The normalized spacial score (nSPS) is 11.1. The Morgan fingerprint density at radius 2 is 1.23 bits per heavy atom. The Morgan fingerprint density at radius 3 is 1.72 bits per heavy atom. The van der Waals surface area contributed by atoms with Crippen LogP contribution in [0.5, 0.6) is 5.75 Å². The summed E-state index contributed by atoms with van der Waals surface area (Å²) < 4.78 is 8.20. The first-order chi connectivity index (χ1) is 21.2. The van der Waals surface area contributed by atoms with E-state index in [1.807, 2.05) is 12.5 Å². The molecule has 0 aliphatic rings. The minimum Gasteiger partial charge on any atom is -0.494 e. The van der Waals surface area contributed by atoms with Gasteiger partial charge in [0.1, 0.15) is 5.75 Å². The highest BCUT2D eigenvalue weighted by atomic mass is 28.2. The fraction of sp³-hybridized carbons (Fsp3) is 0.132. The van der Waals surface area contributed by atoms with E-state index in [1.54, 1.807) is 0 Å². The summed E-state index contributed by atoms with van der Waals surface area (Å²) in [5, 5.41) is 1.10. The van der Waals surface area contributed by atoms with Gasteiger partial charge in [0.15, 0.2) is 0 Å². The number of aromatic nitrogens is 2. The van der Waals surface area contributed by atoms with Crippen LogP contribution in [0.3, 0.4) is 0 Å². The maximum atomic E-state index is 5.92. The van der Waals surface area contributed by atoms with Crippen LogP contribution in [0, 0.1) is 0 Å². The van der Waals surface area contributed by atoms with Crippen molar-refractivity contribution in [2.24, 2.45) is 0 Å². The number of hydrogen-bond donors (Lipinski definition) is 0. The lowest BCUT2D eigenvalue weighted by Crippen LogP contribution is -2.46. The Bertz CT molecular complexity index is 1550. The molecule has 0 unspecified atom stereocenters. The van der Waals surface area contributed by atoms with Crippen molar-refractivity contribution in [1.82, 2.24) is 9.55 Å². The maximum Gasteiger partial charge on any atom is 0.206 e. The predicted octanol–water partition coefficient (Wildman–Crippen LogP) is 5.84. The molecule has 0 saturated carbocycles. The summed E-state index contributed by atoms with van der Waals surface area (Å²) in [6.07, 6.45) is 6.92. The van der Waals surface area contributed by atoms with Crippen molar-refractivity contribution >= 4 is 32.3 Å². The molecular weight excluding hydrogens is 539 g/mol. The summed E-state index contributed by atoms with van der Waals surface area (Å²) in [4.78, 5) is 4.40. The van der Waals surface area contributed by atoms with Gasteiger partial charge in [0.2, 0.25) is 6.71 Å². The highest BCUT2D eigenvalue weighted by Crippen LogP contribution is 2.33. The van der Waals surface area contributed by atoms with Crippen molar-refractivity contribution in [3.8, 4) is 5.75 Å². The smallest absolute Gasteiger partial charge is 0.206 e. The molecule has 0 spiro atoms. The van der Waals surface area contributed by atoms with E-state index in [9.17, 15) is 0 Å². The van der Waals surface area contributed by atoms with Crippen molar-refractivity contribution in [2.45, 2.75) is 25.3 Å². The molecule has 0 radical (unpaired) electrons. The number of rotatable bonds is 10. The van der Waals surface area contributed by atoms with Gasteiger partial charge in [0, 0.05) is 12.4 Å². The first-order valence-corrected chi connectivity index (χ1v) is 16.5. The largest absolute Gasteiger partial charge is 0.494 e. The van der Waals surface area contributed by atoms with Gasteiger partial charge >= 0.3 is 0 Å². The standard InChI is InChI=1S/C25H26N2OSi.C13H13B/c1-2-18-28-23-14-9-15-24(19-23)29-25(27-17-16-26-20-27,21-10-5-3-6-11-21)22-12-7-4-8-13-22;1-14(12-8-4-2-5-9-12)13-10-6-3-7-11-13/h3-17,19-20H,2,18,29H2,1H3;2-11H,1H3. The Labute approximate surface area is 259 Å². The second kappa shape index (κ2) is 15.0. The Morgan fingerprint density at radius 1 is 0.698 bits per heavy atom. The van der Waals surface area contributed by atoms with Gasteiger partial charge in [-0.15, -0.1) is 0 Å². The number of ether oxygens (including phenoxy) is 1. The van der Waals surface area contributed by atoms with E-state index in [-0.39, 0.29) is 5.16 Å². The molecule has 214 valence electrons. The van der Waals surface area contributed by atoms with Gasteiger partial charge in [-0.25, -0.2) is 4.98 Å². The van der Waals surface area contributed by atoms with Gasteiger partial charge in [-0.1, -0.05) is 163 Å². The van der Waals surface area contributed by atoms with Crippen LogP contribution in [-0.4, -0.2) is 32.4 Å². The Kier molecular flexibility index (Phi) is 10.4. The molecule has 0 saturated heterocycles. The number of imidazole rings is 1. The van der Waals surface area contributed by atoms with E-state index in [4.69, 9.17) is 4.74 Å². The first-order valence-electron chi connectivity index (χ1n) is 15.1. The van der Waals surface area contributed by atoms with Crippen molar-refractivity contribution < 1.29 is 4.74 Å². The van der Waals surface area contributed by atoms with Crippen molar-refractivity contribution in [3.63, 3.8) is 0 Å². The molecule has 0 fully saturated rings. The quantitative estimate of drug-likeness (QED) is 0.191. The van der Waals surface area contributed by atoms with Crippen LogP contribution in [0.1, 0.15) is 24.5 Å². The van der Waals surface area contributed by atoms with Crippen LogP contribution in [0.2, 0.25) is 6.82 Å². The lowest BCUT2D eigenvalue weighted by atomic mass is 9.43. The minimum atomic E-state index is -0.871. The van der Waals surface area contributed by atoms with Crippen molar-refractivity contribution in [1.29, 1.82) is 0 Å². The molecule has 5 heteroatoms. The maximum absolute atomic E-state index is 5.92. The van der Waals surface area contributed by atoms with Crippen LogP contribution in [0.25, 0.3) is 0 Å². The van der Waals surface area contributed by atoms with E-state index >= 15 is 0 Å². The van der Waals surface area contributed by atoms with E-state index in [1.165, 1.54) is 27.2 Å². The van der Waals surface area contributed by atoms with Crippen molar-refractivity contribution in [3.05, 3.63) is 175 Å². The summed E-state index contributed by atoms with van der Waals surface area (Å²) in [6, 6.07) is 51.4. The van der Waals surface area contributed by atoms with Crippen LogP contribution < -0.4 is 20.8 Å². The molecular formula is C38H39BN2OSi. The zero-order valence-electron chi connectivity index (χ0n) is 25.1. The zero-order valence-corrected chi connectivity index (χ0v) is 26.5. The van der Waals surface area contributed by atoms with Gasteiger partial charge in [-0.2, -0.15) is 0 Å². The highest BCUT2D eigenvalue weighted by molar-refractivity contribution is 6.84. The molecule has 6 rings (SSSR count). The lowest BCUT2D eigenvalue weighted by molar-refractivity contribution is 0.317. The molecule has 1 aromatic heterocycles. The van der Waals surface area contributed by atoms with E-state index in [2.05, 4.69) is 175 Å². The predicted molar refractivity (Wildman–Crippen MR) is 185 cm³/mol. The zero-order chi connectivity index (χ0) is 29.7. The molecule has 0 N–H and O–H groups in total. The second-order valence-electron chi connectivity index (χ2n) is 10.8. The third-order valence-corrected chi connectivity index (χ3v) is 10.4. The molecule has 0 bridgehead atoms. The van der Waals surface area contributed by atoms with E-state index in [0.29, 0.717) is 6.71 Å². The van der Waals surface area contributed by atoms with E-state index < -0.39 is 9.52 Å². The fourth-order valence-corrected chi connectivity index (χ4v) is 8.01. The number of benzene rings is 5. The van der Waals surface area contributed by atoms with Crippen LogP contribution in [0.4, 0.5) is 0 Å². The molecule has 0 aliphatic heterocycles. The average Bonchev–Trinajstić information content (AvgIpc) is 3.64. The SMILES string of the molecule is CB(c1ccccc1)c1ccccc1.CCCOc1cccc([SiH2]C(c2ccccc2)(c2ccccc2)n2ccnc2)c1. The minimum absolute atomic E-state index is 0.262. The Balaban J connectivity index is 0.000000220. The fourth-order valence-electron chi connectivity index (χ4n) is 5.61. The molecule has 0 amide bonds. The average molecular weight is 579 g/mol. The number of nitrogens with zero attached hydrogens (tertiary/aromatic N) is 2. The van der Waals surface area contributed by atoms with E-state index in [0.717, 1.165) is 18.8 Å². The van der Waals surface area contributed by atoms with Crippen LogP contribution in [0.15, 0.2) is 164 Å². The topological polar surface area (TPSA) is 27.1 Å². The Hall–Kier alpha value is -4.61.